The van der Waals surface area contributed by atoms with E-state index in [2.05, 4.69) is 4.98 Å². The number of benzene rings is 1. The molecule has 6 heteroatoms. The normalized spacial score (nSPS) is 10.7. The molecule has 0 N–H and O–H groups in total. The third kappa shape index (κ3) is 3.09. The quantitative estimate of drug-likeness (QED) is 0.856. The number of rotatable bonds is 3. The van der Waals surface area contributed by atoms with E-state index in [0.717, 1.165) is 6.26 Å². The monoisotopic (exact) mass is 274 g/mol. The lowest BCUT2D eigenvalue weighted by atomic mass is 10.3. The highest BCUT2D eigenvalue weighted by Crippen LogP contribution is 2.24. The third-order valence-electron chi connectivity index (χ3n) is 2.36. The Morgan fingerprint density at radius 1 is 1.21 bits per heavy atom. The number of aromatic nitrogens is 1. The van der Waals surface area contributed by atoms with Crippen molar-refractivity contribution in [2.75, 3.05) is 6.26 Å². The highest BCUT2D eigenvalue weighted by molar-refractivity contribution is 7.90. The number of sulfone groups is 1. The maximum Gasteiger partial charge on any atom is 0.183 e. The maximum atomic E-state index is 11.3. The molecule has 2 aromatic rings. The molecule has 0 aliphatic rings. The van der Waals surface area contributed by atoms with Gasteiger partial charge in [-0.1, -0.05) is 0 Å². The molecular weight excluding hydrogens is 264 g/mol. The minimum atomic E-state index is -3.23. The standard InChI is InChI=1S/C13H10N2O3S/c1-19(16,17)11-6-4-10(5-7-11)18-13-3-2-8-15-12(13)9-14/h2-8H,1H3. The van der Waals surface area contributed by atoms with Crippen LogP contribution in [-0.4, -0.2) is 19.7 Å². The van der Waals surface area contributed by atoms with Crippen molar-refractivity contribution in [2.24, 2.45) is 0 Å². The Bertz CT molecular complexity index is 731. The molecule has 0 atom stereocenters. The average Bonchev–Trinajstić information content (AvgIpc) is 2.39. The van der Waals surface area contributed by atoms with Crippen molar-refractivity contribution in [3.63, 3.8) is 0 Å². The van der Waals surface area contributed by atoms with Gasteiger partial charge >= 0.3 is 0 Å². The van der Waals surface area contributed by atoms with Crippen molar-refractivity contribution in [1.82, 2.24) is 4.98 Å². The van der Waals surface area contributed by atoms with Crippen molar-refractivity contribution in [3.8, 4) is 17.6 Å². The number of pyridine rings is 1. The zero-order valence-corrected chi connectivity index (χ0v) is 10.9. The van der Waals surface area contributed by atoms with Crippen LogP contribution in [0.2, 0.25) is 0 Å². The molecule has 0 saturated carbocycles. The van der Waals surface area contributed by atoms with Crippen LogP contribution in [0.15, 0.2) is 47.5 Å². The van der Waals surface area contributed by atoms with Gasteiger partial charge in [0.2, 0.25) is 0 Å². The van der Waals surface area contributed by atoms with Crippen LogP contribution in [0.25, 0.3) is 0 Å². The lowest BCUT2D eigenvalue weighted by Crippen LogP contribution is -1.96. The SMILES string of the molecule is CS(=O)(=O)c1ccc(Oc2cccnc2C#N)cc1. The van der Waals surface area contributed by atoms with E-state index in [-0.39, 0.29) is 10.6 Å². The van der Waals surface area contributed by atoms with E-state index in [1.807, 2.05) is 6.07 Å². The fraction of sp³-hybridized carbons (Fsp3) is 0.0769. The van der Waals surface area contributed by atoms with Gasteiger partial charge in [0.15, 0.2) is 21.3 Å². The van der Waals surface area contributed by atoms with Gasteiger partial charge < -0.3 is 4.74 Å². The summed E-state index contributed by atoms with van der Waals surface area (Å²) in [6, 6.07) is 11.2. The Morgan fingerprint density at radius 2 is 1.89 bits per heavy atom. The lowest BCUT2D eigenvalue weighted by Gasteiger charge is -2.06. The van der Waals surface area contributed by atoms with Crippen LogP contribution in [0.3, 0.4) is 0 Å². The first kappa shape index (κ1) is 13.1. The summed E-state index contributed by atoms with van der Waals surface area (Å²) >= 11 is 0. The Balaban J connectivity index is 2.28. The molecule has 5 nitrogen and oxygen atoms in total. The second-order valence-corrected chi connectivity index (χ2v) is 5.82. The molecule has 1 heterocycles. The van der Waals surface area contributed by atoms with Crippen LogP contribution < -0.4 is 4.74 Å². The van der Waals surface area contributed by atoms with E-state index in [0.29, 0.717) is 11.5 Å². The molecule has 19 heavy (non-hydrogen) atoms. The maximum absolute atomic E-state index is 11.3. The third-order valence-corrected chi connectivity index (χ3v) is 3.48. The van der Waals surface area contributed by atoms with E-state index in [4.69, 9.17) is 10.00 Å². The molecule has 0 amide bonds. The molecule has 0 unspecified atom stereocenters. The molecular formula is C13H10N2O3S. The molecule has 0 radical (unpaired) electrons. The van der Waals surface area contributed by atoms with Gasteiger partial charge in [-0.15, -0.1) is 0 Å². The van der Waals surface area contributed by atoms with E-state index in [1.54, 1.807) is 12.1 Å². The Kier molecular flexibility index (Phi) is 3.49. The molecule has 1 aromatic carbocycles. The van der Waals surface area contributed by atoms with Crippen LogP contribution in [0.4, 0.5) is 0 Å². The summed E-state index contributed by atoms with van der Waals surface area (Å²) in [5.74, 6) is 0.772. The van der Waals surface area contributed by atoms with Gasteiger partial charge in [0.25, 0.3) is 0 Å². The number of ether oxygens (including phenoxy) is 1. The van der Waals surface area contributed by atoms with Gasteiger partial charge in [0, 0.05) is 12.5 Å². The van der Waals surface area contributed by atoms with Gasteiger partial charge in [-0.25, -0.2) is 13.4 Å². The van der Waals surface area contributed by atoms with Crippen molar-refractivity contribution >= 4 is 9.84 Å². The van der Waals surface area contributed by atoms with Gasteiger partial charge in [-0.3, -0.25) is 0 Å². The van der Waals surface area contributed by atoms with Crippen molar-refractivity contribution in [2.45, 2.75) is 4.90 Å². The predicted molar refractivity (Wildman–Crippen MR) is 68.6 cm³/mol. The highest BCUT2D eigenvalue weighted by Gasteiger charge is 2.08. The second kappa shape index (κ2) is 5.08. The minimum absolute atomic E-state index is 0.176. The second-order valence-electron chi connectivity index (χ2n) is 3.81. The summed E-state index contributed by atoms with van der Waals surface area (Å²) in [6.45, 7) is 0. The topological polar surface area (TPSA) is 80.1 Å². The number of hydrogen-bond acceptors (Lipinski definition) is 5. The molecule has 1 aromatic heterocycles. The van der Waals surface area contributed by atoms with Crippen molar-refractivity contribution in [3.05, 3.63) is 48.3 Å². The zero-order chi connectivity index (χ0) is 13.9. The Labute approximate surface area is 111 Å². The zero-order valence-electron chi connectivity index (χ0n) is 10.1. The van der Waals surface area contributed by atoms with Crippen LogP contribution in [0.5, 0.6) is 11.5 Å². The molecule has 2 rings (SSSR count). The minimum Gasteiger partial charge on any atom is -0.454 e. The first-order valence-electron chi connectivity index (χ1n) is 5.34. The van der Waals surface area contributed by atoms with Gasteiger partial charge in [-0.05, 0) is 36.4 Å². The van der Waals surface area contributed by atoms with Gasteiger partial charge in [0.1, 0.15) is 11.8 Å². The van der Waals surface area contributed by atoms with Crippen LogP contribution >= 0.6 is 0 Å². The number of nitriles is 1. The van der Waals surface area contributed by atoms with Crippen LogP contribution in [0, 0.1) is 11.3 Å². The first-order chi connectivity index (χ1) is 9.00. The smallest absolute Gasteiger partial charge is 0.183 e. The molecule has 0 aliphatic heterocycles. The summed E-state index contributed by atoms with van der Waals surface area (Å²) in [4.78, 5) is 4.08. The summed E-state index contributed by atoms with van der Waals surface area (Å²) in [5.41, 5.74) is 0.176. The molecule has 0 aliphatic carbocycles. The van der Waals surface area contributed by atoms with Crippen LogP contribution in [-0.2, 0) is 9.84 Å². The van der Waals surface area contributed by atoms with Crippen molar-refractivity contribution in [1.29, 1.82) is 5.26 Å². The van der Waals surface area contributed by atoms with E-state index in [9.17, 15) is 8.42 Å². The largest absolute Gasteiger partial charge is 0.454 e. The number of hydrogen-bond donors (Lipinski definition) is 0. The van der Waals surface area contributed by atoms with Crippen molar-refractivity contribution < 1.29 is 13.2 Å². The fourth-order valence-electron chi connectivity index (χ4n) is 1.44. The summed E-state index contributed by atoms with van der Waals surface area (Å²) in [7, 11) is -3.23. The molecule has 0 spiro atoms. The number of nitrogens with zero attached hydrogens (tertiary/aromatic N) is 2. The molecule has 0 bridgehead atoms. The molecule has 0 fully saturated rings. The Morgan fingerprint density at radius 3 is 2.47 bits per heavy atom. The fourth-order valence-corrected chi connectivity index (χ4v) is 2.07. The Hall–Kier alpha value is -2.39. The molecule has 0 saturated heterocycles. The highest BCUT2D eigenvalue weighted by atomic mass is 32.2. The first-order valence-corrected chi connectivity index (χ1v) is 7.23. The predicted octanol–water partition coefficient (Wildman–Crippen LogP) is 2.15. The van der Waals surface area contributed by atoms with Gasteiger partial charge in [0.05, 0.1) is 4.90 Å². The van der Waals surface area contributed by atoms with E-state index < -0.39 is 9.84 Å². The van der Waals surface area contributed by atoms with Crippen LogP contribution in [0.1, 0.15) is 5.69 Å². The average molecular weight is 274 g/mol. The van der Waals surface area contributed by atoms with E-state index >= 15 is 0 Å². The van der Waals surface area contributed by atoms with E-state index in [1.165, 1.54) is 30.5 Å². The lowest BCUT2D eigenvalue weighted by molar-refractivity contribution is 0.478. The molecule has 96 valence electrons. The summed E-state index contributed by atoms with van der Waals surface area (Å²) < 4.78 is 28.1. The summed E-state index contributed by atoms with van der Waals surface area (Å²) in [6.07, 6.45) is 2.63. The van der Waals surface area contributed by atoms with Gasteiger partial charge in [-0.2, -0.15) is 5.26 Å². The summed E-state index contributed by atoms with van der Waals surface area (Å²) in [5, 5.41) is 8.88.